The molecule has 17 heavy (non-hydrogen) atoms. The van der Waals surface area contributed by atoms with Gasteiger partial charge in [-0.25, -0.2) is 0 Å². The Hall–Kier alpha value is -0.420. The highest BCUT2D eigenvalue weighted by Crippen LogP contribution is 2.33. The molecule has 1 heterocycles. The molecule has 0 saturated carbocycles. The standard InChI is InChI=1S/C13H21NO2S/c1-2-16-9-10(15)8-14-12-4-3-5-13-11(12)6-7-17-13/h6-7,10,12,14-15H,2-5,8-9H2,1H3. The second kappa shape index (κ2) is 6.50. The van der Waals surface area contributed by atoms with Crippen LogP contribution in [-0.4, -0.2) is 31.0 Å². The summed E-state index contributed by atoms with van der Waals surface area (Å²) in [4.78, 5) is 1.51. The van der Waals surface area contributed by atoms with E-state index in [-0.39, 0.29) is 0 Å². The predicted molar refractivity (Wildman–Crippen MR) is 70.5 cm³/mol. The van der Waals surface area contributed by atoms with Gasteiger partial charge in [0, 0.05) is 24.1 Å². The molecule has 1 aromatic rings. The molecule has 96 valence electrons. The van der Waals surface area contributed by atoms with Crippen molar-refractivity contribution in [3.05, 3.63) is 21.9 Å². The lowest BCUT2D eigenvalue weighted by Gasteiger charge is -2.25. The highest BCUT2D eigenvalue weighted by atomic mass is 32.1. The minimum Gasteiger partial charge on any atom is -0.389 e. The molecule has 2 N–H and O–H groups in total. The van der Waals surface area contributed by atoms with E-state index >= 15 is 0 Å². The van der Waals surface area contributed by atoms with Crippen LogP contribution in [0.4, 0.5) is 0 Å². The zero-order valence-electron chi connectivity index (χ0n) is 10.3. The first kappa shape index (κ1) is 13.0. The van der Waals surface area contributed by atoms with Crippen molar-refractivity contribution in [1.29, 1.82) is 0 Å². The zero-order chi connectivity index (χ0) is 12.1. The molecule has 3 nitrogen and oxygen atoms in total. The van der Waals surface area contributed by atoms with E-state index in [1.54, 1.807) is 0 Å². The Bertz CT molecular complexity index is 340. The van der Waals surface area contributed by atoms with E-state index in [2.05, 4.69) is 16.8 Å². The highest BCUT2D eigenvalue weighted by Gasteiger charge is 2.21. The largest absolute Gasteiger partial charge is 0.389 e. The third-order valence-electron chi connectivity index (χ3n) is 3.17. The number of ether oxygens (including phenoxy) is 1. The first-order valence-corrected chi connectivity index (χ1v) is 7.24. The molecular weight excluding hydrogens is 234 g/mol. The lowest BCUT2D eigenvalue weighted by atomic mass is 9.94. The first-order valence-electron chi connectivity index (χ1n) is 6.36. The van der Waals surface area contributed by atoms with E-state index in [4.69, 9.17) is 4.74 Å². The average Bonchev–Trinajstić information content (AvgIpc) is 2.82. The van der Waals surface area contributed by atoms with Gasteiger partial charge >= 0.3 is 0 Å². The number of hydrogen-bond donors (Lipinski definition) is 2. The maximum absolute atomic E-state index is 9.72. The van der Waals surface area contributed by atoms with E-state index in [0.717, 1.165) is 0 Å². The number of aliphatic hydroxyl groups is 1. The molecule has 2 atom stereocenters. The van der Waals surface area contributed by atoms with Gasteiger partial charge in [0.25, 0.3) is 0 Å². The number of nitrogens with one attached hydrogen (secondary N) is 1. The summed E-state index contributed by atoms with van der Waals surface area (Å²) in [6.07, 6.45) is 3.23. The van der Waals surface area contributed by atoms with Gasteiger partial charge in [0.15, 0.2) is 0 Å². The molecule has 0 aliphatic heterocycles. The second-order valence-electron chi connectivity index (χ2n) is 4.47. The van der Waals surface area contributed by atoms with Crippen LogP contribution >= 0.6 is 11.3 Å². The van der Waals surface area contributed by atoms with E-state index in [0.29, 0.717) is 25.8 Å². The third kappa shape index (κ3) is 3.52. The topological polar surface area (TPSA) is 41.5 Å². The Morgan fingerprint density at radius 1 is 1.65 bits per heavy atom. The molecule has 1 aliphatic rings. The average molecular weight is 255 g/mol. The summed E-state index contributed by atoms with van der Waals surface area (Å²) in [7, 11) is 0. The quantitative estimate of drug-likeness (QED) is 0.818. The number of rotatable bonds is 6. The van der Waals surface area contributed by atoms with Gasteiger partial charge in [0.1, 0.15) is 0 Å². The van der Waals surface area contributed by atoms with Crippen LogP contribution in [0, 0.1) is 0 Å². The molecule has 0 bridgehead atoms. The van der Waals surface area contributed by atoms with E-state index in [1.807, 2.05) is 18.3 Å². The normalized spacial score (nSPS) is 21.2. The number of thiophene rings is 1. The van der Waals surface area contributed by atoms with Gasteiger partial charge in [0.2, 0.25) is 0 Å². The van der Waals surface area contributed by atoms with Crippen LogP contribution < -0.4 is 5.32 Å². The van der Waals surface area contributed by atoms with Crippen LogP contribution in [0.3, 0.4) is 0 Å². The van der Waals surface area contributed by atoms with Gasteiger partial charge in [-0.05, 0) is 43.2 Å². The van der Waals surface area contributed by atoms with Crippen molar-refractivity contribution in [2.75, 3.05) is 19.8 Å². The summed E-state index contributed by atoms with van der Waals surface area (Å²) >= 11 is 1.85. The number of aliphatic hydroxyl groups excluding tert-OH is 1. The summed E-state index contributed by atoms with van der Waals surface area (Å²) in [6, 6.07) is 2.63. The molecule has 1 aromatic heterocycles. The van der Waals surface area contributed by atoms with Crippen LogP contribution in [0.2, 0.25) is 0 Å². The van der Waals surface area contributed by atoms with Gasteiger partial charge < -0.3 is 15.2 Å². The van der Waals surface area contributed by atoms with Crippen LogP contribution in [0.25, 0.3) is 0 Å². The minimum atomic E-state index is -0.404. The highest BCUT2D eigenvalue weighted by molar-refractivity contribution is 7.10. The summed E-state index contributed by atoms with van der Waals surface area (Å²) in [5.41, 5.74) is 1.44. The zero-order valence-corrected chi connectivity index (χ0v) is 11.1. The van der Waals surface area contributed by atoms with Crippen molar-refractivity contribution in [2.45, 2.75) is 38.3 Å². The number of aryl methyl sites for hydroxylation is 1. The molecule has 2 rings (SSSR count). The lowest BCUT2D eigenvalue weighted by Crippen LogP contribution is -2.34. The van der Waals surface area contributed by atoms with Crippen LogP contribution in [0.1, 0.15) is 36.2 Å². The van der Waals surface area contributed by atoms with Crippen LogP contribution in [0.15, 0.2) is 11.4 Å². The van der Waals surface area contributed by atoms with E-state index in [9.17, 15) is 5.11 Å². The number of hydrogen-bond acceptors (Lipinski definition) is 4. The Morgan fingerprint density at radius 3 is 3.35 bits per heavy atom. The summed E-state index contributed by atoms with van der Waals surface area (Å²) in [6.45, 7) is 3.64. The monoisotopic (exact) mass is 255 g/mol. The van der Waals surface area contributed by atoms with Crippen molar-refractivity contribution < 1.29 is 9.84 Å². The van der Waals surface area contributed by atoms with Gasteiger partial charge in [0.05, 0.1) is 12.7 Å². The molecule has 0 radical (unpaired) electrons. The molecule has 0 saturated heterocycles. The SMILES string of the molecule is CCOCC(O)CNC1CCCc2sccc21. The summed E-state index contributed by atoms with van der Waals surface area (Å²) < 4.78 is 5.20. The fourth-order valence-corrected chi connectivity index (χ4v) is 3.28. The molecule has 0 fully saturated rings. The van der Waals surface area contributed by atoms with Gasteiger partial charge in [-0.15, -0.1) is 11.3 Å². The maximum Gasteiger partial charge on any atom is 0.0897 e. The van der Waals surface area contributed by atoms with E-state index in [1.165, 1.54) is 29.7 Å². The Kier molecular flexibility index (Phi) is 4.98. The fraction of sp³-hybridized carbons (Fsp3) is 0.692. The molecule has 2 unspecified atom stereocenters. The molecule has 0 amide bonds. The number of fused-ring (bicyclic) bond motifs is 1. The van der Waals surface area contributed by atoms with Crippen molar-refractivity contribution in [3.63, 3.8) is 0 Å². The van der Waals surface area contributed by atoms with Crippen LogP contribution in [0.5, 0.6) is 0 Å². The van der Waals surface area contributed by atoms with Crippen molar-refractivity contribution >= 4 is 11.3 Å². The Morgan fingerprint density at radius 2 is 2.53 bits per heavy atom. The Balaban J connectivity index is 1.81. The molecular formula is C13H21NO2S. The molecule has 0 spiro atoms. The smallest absolute Gasteiger partial charge is 0.0897 e. The third-order valence-corrected chi connectivity index (χ3v) is 4.16. The summed E-state index contributed by atoms with van der Waals surface area (Å²) in [5.74, 6) is 0. The second-order valence-corrected chi connectivity index (χ2v) is 5.47. The van der Waals surface area contributed by atoms with Gasteiger partial charge in [-0.1, -0.05) is 0 Å². The molecule has 1 aliphatic carbocycles. The lowest BCUT2D eigenvalue weighted by molar-refractivity contribution is 0.0411. The van der Waals surface area contributed by atoms with Crippen LogP contribution in [-0.2, 0) is 11.2 Å². The molecule has 4 heteroatoms. The minimum absolute atomic E-state index is 0.404. The Labute approximate surface area is 107 Å². The fourth-order valence-electron chi connectivity index (χ4n) is 2.29. The maximum atomic E-state index is 9.72. The van der Waals surface area contributed by atoms with Crippen molar-refractivity contribution in [1.82, 2.24) is 5.32 Å². The van der Waals surface area contributed by atoms with Crippen molar-refractivity contribution in [2.24, 2.45) is 0 Å². The van der Waals surface area contributed by atoms with E-state index < -0.39 is 6.10 Å². The van der Waals surface area contributed by atoms with Gasteiger partial charge in [-0.2, -0.15) is 0 Å². The van der Waals surface area contributed by atoms with Crippen molar-refractivity contribution in [3.8, 4) is 0 Å². The van der Waals surface area contributed by atoms with Gasteiger partial charge in [-0.3, -0.25) is 0 Å². The first-order chi connectivity index (χ1) is 8.31. The predicted octanol–water partition coefficient (Wildman–Crippen LogP) is 2.11. The summed E-state index contributed by atoms with van der Waals surface area (Å²) in [5, 5.41) is 15.3. The molecule has 0 aromatic carbocycles.